The van der Waals surface area contributed by atoms with E-state index in [1.807, 2.05) is 30.3 Å². The lowest BCUT2D eigenvalue weighted by Gasteiger charge is -2.18. The molecule has 1 fully saturated rings. The summed E-state index contributed by atoms with van der Waals surface area (Å²) in [6.07, 6.45) is 0. The molecule has 0 amide bonds. The fourth-order valence-corrected chi connectivity index (χ4v) is 3.86. The lowest BCUT2D eigenvalue weighted by atomic mass is 10.2. The first-order chi connectivity index (χ1) is 10.0. The van der Waals surface area contributed by atoms with E-state index in [4.69, 9.17) is 9.57 Å². The maximum atomic E-state index is 12.1. The lowest BCUT2D eigenvalue weighted by Crippen LogP contribution is -2.44. The first-order valence-electron chi connectivity index (χ1n) is 6.82. The van der Waals surface area contributed by atoms with Gasteiger partial charge in [0, 0.05) is 12.1 Å². The quantitative estimate of drug-likeness (QED) is 0.491. The number of hydrazine groups is 1. The molecule has 0 saturated carbocycles. The fraction of sp³-hybridized carbons (Fsp3) is 0.538. The van der Waals surface area contributed by atoms with Gasteiger partial charge >= 0.3 is 0 Å². The number of para-hydroxylation sites is 1. The summed E-state index contributed by atoms with van der Waals surface area (Å²) in [5, 5.41) is -0.590. The van der Waals surface area contributed by atoms with Gasteiger partial charge in [-0.05, 0) is 26.0 Å². The average molecular weight is 315 g/mol. The Morgan fingerprint density at radius 3 is 2.33 bits per heavy atom. The van der Waals surface area contributed by atoms with E-state index >= 15 is 0 Å². The van der Waals surface area contributed by atoms with Crippen LogP contribution in [0.2, 0.25) is 0 Å². The first kappa shape index (κ1) is 16.2. The van der Waals surface area contributed by atoms with Crippen LogP contribution in [0.5, 0.6) is 5.75 Å². The molecule has 118 valence electrons. The largest absolute Gasteiger partial charge is 0.491 e. The third-order valence-corrected chi connectivity index (χ3v) is 5.14. The molecule has 1 saturated heterocycles. The van der Waals surface area contributed by atoms with Gasteiger partial charge in [-0.15, -0.1) is 0 Å². The van der Waals surface area contributed by atoms with Crippen molar-refractivity contribution in [1.82, 2.24) is 15.7 Å². The van der Waals surface area contributed by atoms with Crippen LogP contribution in [0.4, 0.5) is 0 Å². The molecule has 1 aliphatic rings. The number of benzene rings is 1. The van der Waals surface area contributed by atoms with Crippen LogP contribution < -0.4 is 20.5 Å². The van der Waals surface area contributed by atoms with Gasteiger partial charge < -0.3 is 4.74 Å². The molecule has 0 spiro atoms. The van der Waals surface area contributed by atoms with Crippen molar-refractivity contribution >= 4 is 10.0 Å². The molecule has 21 heavy (non-hydrogen) atoms. The second-order valence-electron chi connectivity index (χ2n) is 4.97. The molecule has 0 aromatic heterocycles. The predicted molar refractivity (Wildman–Crippen MR) is 78.9 cm³/mol. The zero-order chi connectivity index (χ0) is 15.3. The number of ether oxygens (including phenoxy) is 1. The molecule has 1 aromatic rings. The van der Waals surface area contributed by atoms with Crippen LogP contribution in [0.1, 0.15) is 13.8 Å². The van der Waals surface area contributed by atoms with Crippen LogP contribution in [0.3, 0.4) is 0 Å². The van der Waals surface area contributed by atoms with Crippen molar-refractivity contribution in [3.05, 3.63) is 30.3 Å². The van der Waals surface area contributed by atoms with E-state index < -0.39 is 15.3 Å². The maximum Gasteiger partial charge on any atom is 0.239 e. The van der Waals surface area contributed by atoms with Crippen LogP contribution in [0, 0.1) is 0 Å². The predicted octanol–water partition coefficient (Wildman–Crippen LogP) is 0.170. The Kier molecular flexibility index (Phi) is 5.54. The normalized spacial score (nSPS) is 25.9. The lowest BCUT2D eigenvalue weighted by molar-refractivity contribution is 0.0658. The fourth-order valence-electron chi connectivity index (χ4n) is 2.29. The highest BCUT2D eigenvalue weighted by Gasteiger charge is 2.40. The summed E-state index contributed by atoms with van der Waals surface area (Å²) in [4.78, 5) is 7.17. The number of hydrogen-bond donors (Lipinski definition) is 3. The maximum absolute atomic E-state index is 12.1. The minimum Gasteiger partial charge on any atom is -0.491 e. The highest BCUT2D eigenvalue weighted by Crippen LogP contribution is 2.14. The molecule has 0 bridgehead atoms. The van der Waals surface area contributed by atoms with Crippen molar-refractivity contribution in [2.75, 3.05) is 13.2 Å². The van der Waals surface area contributed by atoms with E-state index in [1.165, 1.54) is 0 Å². The summed E-state index contributed by atoms with van der Waals surface area (Å²) < 4.78 is 29.7. The Morgan fingerprint density at radius 2 is 1.71 bits per heavy atom. The summed E-state index contributed by atoms with van der Waals surface area (Å²) in [6.45, 7) is 4.00. The van der Waals surface area contributed by atoms with E-state index in [1.54, 1.807) is 13.8 Å². The zero-order valence-electron chi connectivity index (χ0n) is 12.1. The molecule has 2 rings (SSSR count). The van der Waals surface area contributed by atoms with Crippen molar-refractivity contribution in [1.29, 1.82) is 0 Å². The SMILES string of the molecule is CC1NNC(C)C1S(=O)(=O)NOCCOc1ccccc1. The van der Waals surface area contributed by atoms with Gasteiger partial charge in [-0.3, -0.25) is 15.7 Å². The average Bonchev–Trinajstić information content (AvgIpc) is 2.79. The molecular formula is C13H21N3O4S. The Hall–Kier alpha value is -1.19. The van der Waals surface area contributed by atoms with E-state index in [0.717, 1.165) is 5.75 Å². The topological polar surface area (TPSA) is 88.7 Å². The molecule has 1 heterocycles. The molecule has 0 aliphatic carbocycles. The number of sulfonamides is 1. The summed E-state index contributed by atoms with van der Waals surface area (Å²) in [6, 6.07) is 8.88. The highest BCUT2D eigenvalue weighted by atomic mass is 32.2. The first-order valence-corrected chi connectivity index (χ1v) is 8.36. The van der Waals surface area contributed by atoms with Crippen molar-refractivity contribution in [2.45, 2.75) is 31.2 Å². The standard InChI is InChI=1S/C13H21N3O4S/c1-10-13(11(2)15-14-10)21(17,18)16-20-9-8-19-12-6-4-3-5-7-12/h3-7,10-11,13-16H,8-9H2,1-2H3. The van der Waals surface area contributed by atoms with Crippen LogP contribution in [-0.4, -0.2) is 39.0 Å². The van der Waals surface area contributed by atoms with Gasteiger partial charge in [-0.1, -0.05) is 23.1 Å². The van der Waals surface area contributed by atoms with Crippen molar-refractivity contribution < 1.29 is 18.0 Å². The second kappa shape index (κ2) is 7.19. The van der Waals surface area contributed by atoms with Gasteiger partial charge in [-0.25, -0.2) is 8.42 Å². The van der Waals surface area contributed by atoms with E-state index in [2.05, 4.69) is 15.7 Å². The Bertz CT molecular complexity index is 528. The number of nitrogens with one attached hydrogen (secondary N) is 3. The molecule has 0 radical (unpaired) electrons. The van der Waals surface area contributed by atoms with E-state index in [9.17, 15) is 8.42 Å². The molecule has 2 unspecified atom stereocenters. The van der Waals surface area contributed by atoms with Gasteiger partial charge in [0.05, 0.1) is 0 Å². The Balaban J connectivity index is 1.73. The van der Waals surface area contributed by atoms with Crippen LogP contribution in [0.25, 0.3) is 0 Å². The molecule has 7 nitrogen and oxygen atoms in total. The third-order valence-electron chi connectivity index (χ3n) is 3.25. The van der Waals surface area contributed by atoms with Crippen LogP contribution in [-0.2, 0) is 14.9 Å². The Labute approximate surface area is 125 Å². The van der Waals surface area contributed by atoms with Crippen molar-refractivity contribution in [2.24, 2.45) is 0 Å². The monoisotopic (exact) mass is 315 g/mol. The molecule has 8 heteroatoms. The van der Waals surface area contributed by atoms with Crippen molar-refractivity contribution in [3.63, 3.8) is 0 Å². The second-order valence-corrected chi connectivity index (χ2v) is 6.77. The molecule has 1 aromatic carbocycles. The highest BCUT2D eigenvalue weighted by molar-refractivity contribution is 7.90. The summed E-state index contributed by atoms with van der Waals surface area (Å²) in [5.74, 6) is 0.718. The Morgan fingerprint density at radius 1 is 1.10 bits per heavy atom. The molecule has 1 aliphatic heterocycles. The summed E-state index contributed by atoms with van der Waals surface area (Å²) >= 11 is 0. The zero-order valence-corrected chi connectivity index (χ0v) is 12.9. The smallest absolute Gasteiger partial charge is 0.239 e. The van der Waals surface area contributed by atoms with Gasteiger partial charge in [0.15, 0.2) is 0 Å². The molecule has 2 atom stereocenters. The minimum atomic E-state index is -3.56. The van der Waals surface area contributed by atoms with Crippen LogP contribution in [0.15, 0.2) is 30.3 Å². The van der Waals surface area contributed by atoms with E-state index in [-0.39, 0.29) is 25.3 Å². The molecular weight excluding hydrogens is 294 g/mol. The van der Waals surface area contributed by atoms with Gasteiger partial charge in [0.25, 0.3) is 0 Å². The number of rotatable bonds is 7. The van der Waals surface area contributed by atoms with Gasteiger partial charge in [0.1, 0.15) is 24.2 Å². The third kappa shape index (κ3) is 4.39. The van der Waals surface area contributed by atoms with Gasteiger partial charge in [-0.2, -0.15) is 0 Å². The van der Waals surface area contributed by atoms with Gasteiger partial charge in [0.2, 0.25) is 10.0 Å². The van der Waals surface area contributed by atoms with Crippen LogP contribution >= 0.6 is 0 Å². The van der Waals surface area contributed by atoms with Crippen molar-refractivity contribution in [3.8, 4) is 5.75 Å². The molecule has 3 N–H and O–H groups in total. The summed E-state index contributed by atoms with van der Waals surface area (Å²) in [5.41, 5.74) is 5.80. The number of hydrogen-bond acceptors (Lipinski definition) is 6. The summed E-state index contributed by atoms with van der Waals surface area (Å²) in [7, 11) is -3.56. The minimum absolute atomic E-state index is 0.129. The van der Waals surface area contributed by atoms with E-state index in [0.29, 0.717) is 0 Å².